The molecule has 15 heavy (non-hydrogen) atoms. The Bertz CT molecular complexity index is 227. The summed E-state index contributed by atoms with van der Waals surface area (Å²) in [7, 11) is 1.60. The number of carbonyl (C=O) groups excluding carboxylic acids is 1. The second kappa shape index (κ2) is 4.94. The highest BCUT2D eigenvalue weighted by molar-refractivity contribution is 5.85. The maximum absolute atomic E-state index is 11.6. The van der Waals surface area contributed by atoms with Crippen molar-refractivity contribution in [2.45, 2.75) is 32.2 Å². The lowest BCUT2D eigenvalue weighted by molar-refractivity contribution is -0.129. The summed E-state index contributed by atoms with van der Waals surface area (Å²) in [5.41, 5.74) is 4.77. The van der Waals surface area contributed by atoms with Gasteiger partial charge in [0.15, 0.2) is 0 Å². The molecule has 4 heteroatoms. The molecular formula is C11H22N2O2. The molecule has 1 unspecified atom stereocenters. The van der Waals surface area contributed by atoms with E-state index < -0.39 is 5.54 Å². The van der Waals surface area contributed by atoms with E-state index in [2.05, 4.69) is 5.32 Å². The molecule has 88 valence electrons. The molecule has 4 nitrogen and oxygen atoms in total. The van der Waals surface area contributed by atoms with E-state index in [1.54, 1.807) is 7.11 Å². The Balaban J connectivity index is 2.64. The number of nitrogens with one attached hydrogen (secondary N) is 1. The SMILES string of the molecule is COCC(NCC1CC1)(C(N)=O)C(C)C. The summed E-state index contributed by atoms with van der Waals surface area (Å²) in [6.07, 6.45) is 2.51. The lowest BCUT2D eigenvalue weighted by Gasteiger charge is -2.35. The van der Waals surface area contributed by atoms with Crippen molar-refractivity contribution in [3.8, 4) is 0 Å². The highest BCUT2D eigenvalue weighted by Crippen LogP contribution is 2.29. The molecule has 0 aromatic rings. The van der Waals surface area contributed by atoms with Gasteiger partial charge >= 0.3 is 0 Å². The van der Waals surface area contributed by atoms with E-state index >= 15 is 0 Å². The van der Waals surface area contributed by atoms with Crippen molar-refractivity contribution in [3.05, 3.63) is 0 Å². The Morgan fingerprint density at radius 3 is 2.53 bits per heavy atom. The number of methoxy groups -OCH3 is 1. The van der Waals surface area contributed by atoms with Gasteiger partial charge in [0.05, 0.1) is 6.61 Å². The average molecular weight is 214 g/mol. The molecule has 3 N–H and O–H groups in total. The van der Waals surface area contributed by atoms with E-state index in [0.717, 1.165) is 12.5 Å². The molecule has 0 aromatic carbocycles. The quantitative estimate of drug-likeness (QED) is 0.649. The van der Waals surface area contributed by atoms with Crippen molar-refractivity contribution in [1.29, 1.82) is 0 Å². The number of rotatable bonds is 7. The molecule has 1 fully saturated rings. The lowest BCUT2D eigenvalue weighted by Crippen LogP contribution is -2.62. The first-order chi connectivity index (χ1) is 7.03. The van der Waals surface area contributed by atoms with Gasteiger partial charge in [0, 0.05) is 7.11 Å². The van der Waals surface area contributed by atoms with Crippen LogP contribution in [0.1, 0.15) is 26.7 Å². The minimum absolute atomic E-state index is 0.133. The molecule has 1 atom stereocenters. The Morgan fingerprint density at radius 2 is 2.20 bits per heavy atom. The Kier molecular flexibility index (Phi) is 4.11. The van der Waals surface area contributed by atoms with Crippen LogP contribution in [0, 0.1) is 11.8 Å². The average Bonchev–Trinajstić information content (AvgIpc) is 2.94. The van der Waals surface area contributed by atoms with E-state index in [-0.39, 0.29) is 11.8 Å². The molecule has 0 aliphatic heterocycles. The van der Waals surface area contributed by atoms with Crippen LogP contribution in [0.15, 0.2) is 0 Å². The largest absolute Gasteiger partial charge is 0.382 e. The van der Waals surface area contributed by atoms with Crippen molar-refractivity contribution < 1.29 is 9.53 Å². The van der Waals surface area contributed by atoms with Crippen LogP contribution in [0.5, 0.6) is 0 Å². The maximum atomic E-state index is 11.6. The molecule has 0 radical (unpaired) electrons. The first kappa shape index (κ1) is 12.5. The van der Waals surface area contributed by atoms with E-state index in [4.69, 9.17) is 10.5 Å². The van der Waals surface area contributed by atoms with Gasteiger partial charge in [-0.15, -0.1) is 0 Å². The first-order valence-electron chi connectivity index (χ1n) is 5.56. The second-order valence-corrected chi connectivity index (χ2v) is 4.75. The van der Waals surface area contributed by atoms with Crippen LogP contribution in [0.25, 0.3) is 0 Å². The molecule has 1 aliphatic carbocycles. The fraction of sp³-hybridized carbons (Fsp3) is 0.909. The van der Waals surface area contributed by atoms with Crippen molar-refractivity contribution in [2.24, 2.45) is 17.6 Å². The zero-order chi connectivity index (χ0) is 11.5. The van der Waals surface area contributed by atoms with Crippen LogP contribution in [-0.4, -0.2) is 31.7 Å². The van der Waals surface area contributed by atoms with E-state index in [0.29, 0.717) is 6.61 Å². The molecule has 0 heterocycles. The van der Waals surface area contributed by atoms with Crippen molar-refractivity contribution in [2.75, 3.05) is 20.3 Å². The Morgan fingerprint density at radius 1 is 1.60 bits per heavy atom. The standard InChI is InChI=1S/C11H22N2O2/c1-8(2)11(7-15-3,10(12)14)13-6-9-4-5-9/h8-9,13H,4-7H2,1-3H3,(H2,12,14). The Labute approximate surface area is 91.5 Å². The van der Waals surface area contributed by atoms with E-state index in [9.17, 15) is 4.79 Å². The van der Waals surface area contributed by atoms with Gasteiger partial charge in [-0.1, -0.05) is 13.8 Å². The molecule has 1 saturated carbocycles. The second-order valence-electron chi connectivity index (χ2n) is 4.75. The summed E-state index contributed by atoms with van der Waals surface area (Å²) in [5, 5.41) is 3.30. The third-order valence-electron chi connectivity index (χ3n) is 3.20. The van der Waals surface area contributed by atoms with Crippen LogP contribution in [0.2, 0.25) is 0 Å². The van der Waals surface area contributed by atoms with E-state index in [1.807, 2.05) is 13.8 Å². The van der Waals surface area contributed by atoms with Crippen LogP contribution >= 0.6 is 0 Å². The van der Waals surface area contributed by atoms with Crippen LogP contribution in [-0.2, 0) is 9.53 Å². The molecule has 0 saturated heterocycles. The normalized spacial score (nSPS) is 20.3. The van der Waals surface area contributed by atoms with E-state index in [1.165, 1.54) is 12.8 Å². The molecule has 0 spiro atoms. The number of hydrogen-bond acceptors (Lipinski definition) is 3. The fourth-order valence-electron chi connectivity index (χ4n) is 1.74. The van der Waals surface area contributed by atoms with Crippen molar-refractivity contribution in [1.82, 2.24) is 5.32 Å². The maximum Gasteiger partial charge on any atom is 0.240 e. The zero-order valence-corrected chi connectivity index (χ0v) is 9.88. The summed E-state index contributed by atoms with van der Waals surface area (Å²) < 4.78 is 5.12. The molecule has 0 bridgehead atoms. The summed E-state index contributed by atoms with van der Waals surface area (Å²) in [6.45, 7) is 5.19. The van der Waals surface area contributed by atoms with Crippen LogP contribution in [0.3, 0.4) is 0 Å². The molecule has 1 amide bonds. The van der Waals surface area contributed by atoms with Gasteiger partial charge in [-0.2, -0.15) is 0 Å². The highest BCUT2D eigenvalue weighted by atomic mass is 16.5. The summed E-state index contributed by atoms with van der Waals surface area (Å²) >= 11 is 0. The number of nitrogens with two attached hydrogens (primary N) is 1. The number of amides is 1. The number of primary amides is 1. The summed E-state index contributed by atoms with van der Waals surface area (Å²) in [4.78, 5) is 11.6. The minimum Gasteiger partial charge on any atom is -0.382 e. The third kappa shape index (κ3) is 2.92. The molecule has 1 rings (SSSR count). The van der Waals surface area contributed by atoms with Gasteiger partial charge in [-0.25, -0.2) is 0 Å². The van der Waals surface area contributed by atoms with Gasteiger partial charge in [-0.3, -0.25) is 4.79 Å². The number of carbonyl (C=O) groups is 1. The highest BCUT2D eigenvalue weighted by Gasteiger charge is 2.40. The van der Waals surface area contributed by atoms with Gasteiger partial charge < -0.3 is 15.8 Å². The van der Waals surface area contributed by atoms with Gasteiger partial charge in [0.2, 0.25) is 5.91 Å². The van der Waals surface area contributed by atoms with Gasteiger partial charge in [0.25, 0.3) is 0 Å². The van der Waals surface area contributed by atoms with Crippen molar-refractivity contribution >= 4 is 5.91 Å². The predicted octanol–water partition coefficient (Wildman–Crippen LogP) is 0.513. The monoisotopic (exact) mass is 214 g/mol. The Hall–Kier alpha value is -0.610. The van der Waals surface area contributed by atoms with Crippen LogP contribution < -0.4 is 11.1 Å². The summed E-state index contributed by atoms with van der Waals surface area (Å²) in [6, 6.07) is 0. The first-order valence-corrected chi connectivity index (χ1v) is 5.56. The van der Waals surface area contributed by atoms with Gasteiger partial charge in [0.1, 0.15) is 5.54 Å². The minimum atomic E-state index is -0.711. The van der Waals surface area contributed by atoms with Crippen LogP contribution in [0.4, 0.5) is 0 Å². The zero-order valence-electron chi connectivity index (χ0n) is 9.88. The third-order valence-corrected chi connectivity index (χ3v) is 3.20. The smallest absolute Gasteiger partial charge is 0.240 e. The summed E-state index contributed by atoms with van der Waals surface area (Å²) in [5.74, 6) is 0.535. The van der Waals surface area contributed by atoms with Gasteiger partial charge in [-0.05, 0) is 31.2 Å². The van der Waals surface area contributed by atoms with Crippen molar-refractivity contribution in [3.63, 3.8) is 0 Å². The lowest BCUT2D eigenvalue weighted by atomic mass is 9.86. The molecule has 1 aliphatic rings. The number of ether oxygens (including phenoxy) is 1. The molecular weight excluding hydrogens is 192 g/mol. The molecule has 0 aromatic heterocycles. The predicted molar refractivity (Wildman–Crippen MR) is 59.4 cm³/mol. The number of hydrogen-bond donors (Lipinski definition) is 2. The topological polar surface area (TPSA) is 64.3 Å². The fourth-order valence-corrected chi connectivity index (χ4v) is 1.74.